The molecule has 0 aliphatic carbocycles. The van der Waals surface area contributed by atoms with E-state index in [1.807, 2.05) is 0 Å². The lowest BCUT2D eigenvalue weighted by Crippen LogP contribution is -2.33. The lowest BCUT2D eigenvalue weighted by molar-refractivity contribution is -0.155. The van der Waals surface area contributed by atoms with Crippen molar-refractivity contribution in [1.29, 1.82) is 0 Å². The molecule has 1 amide bonds. The van der Waals surface area contributed by atoms with E-state index in [-0.39, 0.29) is 5.97 Å². The topological polar surface area (TPSA) is 95.4 Å². The Bertz CT molecular complexity index is 361. The minimum atomic E-state index is -0.754. The Kier molecular flexibility index (Phi) is 18.9. The zero-order valence-electron chi connectivity index (χ0n) is 17.7. The number of carbonyl (C=O) groups excluding carboxylic acids is 2. The molecule has 5 nitrogen and oxygen atoms in total. The molecular formula is C22H44N2O3. The van der Waals surface area contributed by atoms with Crippen LogP contribution >= 0.6 is 0 Å². The Morgan fingerprint density at radius 1 is 0.741 bits per heavy atom. The average Bonchev–Trinajstić information content (AvgIpc) is 2.64. The number of primary amides is 1. The monoisotopic (exact) mass is 384 g/mol. The third-order valence-electron chi connectivity index (χ3n) is 5.00. The van der Waals surface area contributed by atoms with Crippen molar-refractivity contribution in [1.82, 2.24) is 0 Å². The minimum absolute atomic E-state index is 0.287. The number of nitrogens with two attached hydrogens (primary N) is 2. The standard InChI is InChI=1S/C22H44N2O3/c1-2-3-4-5-8-11-14-17-20(22(24)26)27-21(25)18-15-12-9-6-7-10-13-16-19-23/h20H,2-19,23H2,1H3,(H2,24,26). The van der Waals surface area contributed by atoms with E-state index in [0.29, 0.717) is 12.8 Å². The number of hydrogen-bond acceptors (Lipinski definition) is 4. The predicted octanol–water partition coefficient (Wildman–Crippen LogP) is 4.99. The van der Waals surface area contributed by atoms with E-state index in [0.717, 1.165) is 45.1 Å². The highest BCUT2D eigenvalue weighted by Crippen LogP contribution is 2.13. The Balaban J connectivity index is 3.67. The van der Waals surface area contributed by atoms with Gasteiger partial charge in [-0.1, -0.05) is 84.0 Å². The summed E-state index contributed by atoms with van der Waals surface area (Å²) in [6.07, 6.45) is 17.4. The normalized spacial score (nSPS) is 12.1. The molecule has 0 bridgehead atoms. The SMILES string of the molecule is CCCCCCCCCC(OC(=O)CCCCCCCCCCN)C(N)=O. The molecule has 0 aromatic rings. The average molecular weight is 385 g/mol. The van der Waals surface area contributed by atoms with E-state index in [9.17, 15) is 9.59 Å². The van der Waals surface area contributed by atoms with Gasteiger partial charge in [-0.3, -0.25) is 9.59 Å². The van der Waals surface area contributed by atoms with E-state index >= 15 is 0 Å². The number of esters is 1. The van der Waals surface area contributed by atoms with Crippen molar-refractivity contribution < 1.29 is 14.3 Å². The summed E-state index contributed by atoms with van der Waals surface area (Å²) < 4.78 is 5.30. The summed E-state index contributed by atoms with van der Waals surface area (Å²) in [5, 5.41) is 0. The Morgan fingerprint density at radius 2 is 1.22 bits per heavy atom. The van der Waals surface area contributed by atoms with Crippen molar-refractivity contribution >= 4 is 11.9 Å². The molecule has 0 aliphatic heterocycles. The zero-order chi connectivity index (χ0) is 20.2. The third-order valence-corrected chi connectivity index (χ3v) is 5.00. The summed E-state index contributed by atoms with van der Waals surface area (Å²) in [6.45, 7) is 2.99. The second kappa shape index (κ2) is 19.7. The first-order chi connectivity index (χ1) is 13.1. The van der Waals surface area contributed by atoms with Gasteiger partial charge in [0, 0.05) is 6.42 Å². The summed E-state index contributed by atoms with van der Waals surface area (Å²) in [5.74, 6) is -0.809. The van der Waals surface area contributed by atoms with Crippen molar-refractivity contribution in [3.63, 3.8) is 0 Å². The molecule has 0 fully saturated rings. The van der Waals surface area contributed by atoms with E-state index in [1.165, 1.54) is 57.8 Å². The van der Waals surface area contributed by atoms with Gasteiger partial charge in [-0.2, -0.15) is 0 Å². The molecule has 4 N–H and O–H groups in total. The van der Waals surface area contributed by atoms with Crippen LogP contribution in [0, 0.1) is 0 Å². The van der Waals surface area contributed by atoms with Gasteiger partial charge in [0.05, 0.1) is 0 Å². The highest BCUT2D eigenvalue weighted by atomic mass is 16.5. The Morgan fingerprint density at radius 3 is 1.74 bits per heavy atom. The first-order valence-electron chi connectivity index (χ1n) is 11.3. The van der Waals surface area contributed by atoms with Crippen LogP contribution in [0.5, 0.6) is 0 Å². The molecule has 160 valence electrons. The van der Waals surface area contributed by atoms with Gasteiger partial charge in [-0.15, -0.1) is 0 Å². The molecule has 27 heavy (non-hydrogen) atoms. The van der Waals surface area contributed by atoms with Crippen LogP contribution in [0.1, 0.15) is 116 Å². The molecule has 0 saturated carbocycles. The van der Waals surface area contributed by atoms with Gasteiger partial charge < -0.3 is 16.2 Å². The Hall–Kier alpha value is -1.10. The molecule has 0 spiro atoms. The van der Waals surface area contributed by atoms with Crippen molar-refractivity contribution in [2.45, 2.75) is 122 Å². The van der Waals surface area contributed by atoms with Crippen LogP contribution < -0.4 is 11.5 Å². The maximum Gasteiger partial charge on any atom is 0.306 e. The van der Waals surface area contributed by atoms with Crippen molar-refractivity contribution in [2.24, 2.45) is 11.5 Å². The summed E-state index contributed by atoms with van der Waals surface area (Å²) in [4.78, 5) is 23.4. The predicted molar refractivity (Wildman–Crippen MR) is 112 cm³/mol. The van der Waals surface area contributed by atoms with E-state index in [4.69, 9.17) is 16.2 Å². The van der Waals surface area contributed by atoms with Gasteiger partial charge in [0.1, 0.15) is 0 Å². The van der Waals surface area contributed by atoms with Gasteiger partial charge in [0.25, 0.3) is 5.91 Å². The van der Waals surface area contributed by atoms with E-state index in [1.54, 1.807) is 0 Å². The van der Waals surface area contributed by atoms with Crippen LogP contribution in [-0.2, 0) is 14.3 Å². The second-order valence-corrected chi connectivity index (χ2v) is 7.66. The van der Waals surface area contributed by atoms with Crippen LogP contribution in [0.3, 0.4) is 0 Å². The maximum atomic E-state index is 11.9. The number of ether oxygens (including phenoxy) is 1. The highest BCUT2D eigenvalue weighted by molar-refractivity contribution is 5.82. The molecular weight excluding hydrogens is 340 g/mol. The highest BCUT2D eigenvalue weighted by Gasteiger charge is 2.19. The molecule has 0 aromatic carbocycles. The van der Waals surface area contributed by atoms with E-state index in [2.05, 4.69) is 6.92 Å². The number of amides is 1. The fourth-order valence-corrected chi connectivity index (χ4v) is 3.24. The minimum Gasteiger partial charge on any atom is -0.452 e. The van der Waals surface area contributed by atoms with Crippen molar-refractivity contribution in [2.75, 3.05) is 6.54 Å². The summed E-state index contributed by atoms with van der Waals surface area (Å²) in [6, 6.07) is 0. The third kappa shape index (κ3) is 18.0. The largest absolute Gasteiger partial charge is 0.452 e. The fourth-order valence-electron chi connectivity index (χ4n) is 3.24. The fraction of sp³-hybridized carbons (Fsp3) is 0.909. The van der Waals surface area contributed by atoms with Crippen LogP contribution in [0.4, 0.5) is 0 Å². The first-order valence-corrected chi connectivity index (χ1v) is 11.3. The van der Waals surface area contributed by atoms with Gasteiger partial charge >= 0.3 is 5.97 Å². The van der Waals surface area contributed by atoms with Gasteiger partial charge in [-0.05, 0) is 32.2 Å². The van der Waals surface area contributed by atoms with Crippen LogP contribution in [0.25, 0.3) is 0 Å². The van der Waals surface area contributed by atoms with Crippen LogP contribution in [0.15, 0.2) is 0 Å². The van der Waals surface area contributed by atoms with Crippen molar-refractivity contribution in [3.05, 3.63) is 0 Å². The molecule has 0 radical (unpaired) electrons. The molecule has 0 saturated heterocycles. The number of carbonyl (C=O) groups is 2. The molecule has 0 aromatic heterocycles. The summed E-state index contributed by atoms with van der Waals surface area (Å²) in [7, 11) is 0. The molecule has 1 unspecified atom stereocenters. The lowest BCUT2D eigenvalue weighted by atomic mass is 10.1. The summed E-state index contributed by atoms with van der Waals surface area (Å²) in [5.41, 5.74) is 10.9. The van der Waals surface area contributed by atoms with Gasteiger partial charge in [0.2, 0.25) is 0 Å². The van der Waals surface area contributed by atoms with Gasteiger partial charge in [0.15, 0.2) is 6.10 Å². The number of rotatable bonds is 20. The van der Waals surface area contributed by atoms with Crippen LogP contribution in [0.2, 0.25) is 0 Å². The summed E-state index contributed by atoms with van der Waals surface area (Å²) >= 11 is 0. The number of hydrogen-bond donors (Lipinski definition) is 2. The van der Waals surface area contributed by atoms with Crippen molar-refractivity contribution in [3.8, 4) is 0 Å². The van der Waals surface area contributed by atoms with Gasteiger partial charge in [-0.25, -0.2) is 0 Å². The van der Waals surface area contributed by atoms with Crippen LogP contribution in [-0.4, -0.2) is 24.5 Å². The molecule has 0 aliphatic rings. The molecule has 5 heteroatoms. The quantitative estimate of drug-likeness (QED) is 0.228. The Labute approximate surface area is 167 Å². The maximum absolute atomic E-state index is 11.9. The first kappa shape index (κ1) is 25.9. The number of unbranched alkanes of at least 4 members (excludes halogenated alkanes) is 13. The molecule has 1 atom stereocenters. The smallest absolute Gasteiger partial charge is 0.306 e. The second-order valence-electron chi connectivity index (χ2n) is 7.66. The lowest BCUT2D eigenvalue weighted by Gasteiger charge is -2.14. The zero-order valence-corrected chi connectivity index (χ0v) is 17.7. The molecule has 0 rings (SSSR count). The van der Waals surface area contributed by atoms with E-state index < -0.39 is 12.0 Å². The molecule has 0 heterocycles.